The highest BCUT2D eigenvalue weighted by Gasteiger charge is 2.29. The largest absolute Gasteiger partial charge is 0.366 e. The van der Waals surface area contributed by atoms with Gasteiger partial charge in [0.15, 0.2) is 9.84 Å². The predicted octanol–water partition coefficient (Wildman–Crippen LogP) is 1.42. The Bertz CT molecular complexity index is 545. The van der Waals surface area contributed by atoms with E-state index in [9.17, 15) is 8.42 Å². The van der Waals surface area contributed by atoms with Gasteiger partial charge in [-0.2, -0.15) is 0 Å². The van der Waals surface area contributed by atoms with Crippen molar-refractivity contribution in [2.75, 3.05) is 23.0 Å². The van der Waals surface area contributed by atoms with Crippen LogP contribution >= 0.6 is 11.6 Å². The van der Waals surface area contributed by atoms with Gasteiger partial charge < -0.3 is 10.6 Å². The molecule has 1 fully saturated rings. The first kappa shape index (κ1) is 13.6. The molecule has 1 saturated heterocycles. The Balaban J connectivity index is 2.36. The first-order valence-corrected chi connectivity index (χ1v) is 8.09. The van der Waals surface area contributed by atoms with E-state index in [1.165, 1.54) is 0 Å². The van der Waals surface area contributed by atoms with E-state index in [0.717, 1.165) is 11.3 Å². The summed E-state index contributed by atoms with van der Waals surface area (Å²) < 4.78 is 23.2. The van der Waals surface area contributed by atoms with Crippen molar-refractivity contribution in [2.24, 2.45) is 5.73 Å². The molecule has 0 amide bonds. The lowest BCUT2D eigenvalue weighted by Gasteiger charge is -2.36. The van der Waals surface area contributed by atoms with Gasteiger partial charge in [-0.15, -0.1) is 0 Å². The Labute approximate surface area is 113 Å². The van der Waals surface area contributed by atoms with E-state index in [1.54, 1.807) is 6.07 Å². The second-order valence-electron chi connectivity index (χ2n) is 4.60. The first-order chi connectivity index (χ1) is 8.44. The second-order valence-corrected chi connectivity index (χ2v) is 7.23. The maximum atomic E-state index is 11.6. The van der Waals surface area contributed by atoms with Gasteiger partial charge in [-0.05, 0) is 19.1 Å². The number of rotatable bonds is 2. The summed E-state index contributed by atoms with van der Waals surface area (Å²) in [7, 11) is -2.91. The number of nitrogens with two attached hydrogens (primary N) is 1. The molecule has 1 aliphatic heterocycles. The summed E-state index contributed by atoms with van der Waals surface area (Å²) in [6.45, 7) is 2.76. The summed E-state index contributed by atoms with van der Waals surface area (Å²) in [5, 5.41) is 0.635. The molecule has 1 aromatic carbocycles. The van der Waals surface area contributed by atoms with Crippen LogP contribution in [0.2, 0.25) is 5.02 Å². The lowest BCUT2D eigenvalue weighted by molar-refractivity contribution is 0.568. The molecule has 0 aromatic heterocycles. The average Bonchev–Trinajstić information content (AvgIpc) is 2.27. The third-order valence-electron chi connectivity index (χ3n) is 3.28. The quantitative estimate of drug-likeness (QED) is 0.894. The fraction of sp³-hybridized carbons (Fsp3) is 0.500. The molecule has 6 heteroatoms. The standard InChI is InChI=1S/C12H17ClN2O2S/c1-9-8-18(16,17)6-5-15(9)12-4-2-3-11(13)10(12)7-14/h2-4,9H,5-8,14H2,1H3. The molecule has 100 valence electrons. The monoisotopic (exact) mass is 288 g/mol. The van der Waals surface area contributed by atoms with Crippen LogP contribution in [0.25, 0.3) is 0 Å². The van der Waals surface area contributed by atoms with E-state index in [0.29, 0.717) is 18.1 Å². The van der Waals surface area contributed by atoms with Gasteiger partial charge in [0.1, 0.15) is 0 Å². The zero-order chi connectivity index (χ0) is 13.3. The van der Waals surface area contributed by atoms with E-state index < -0.39 is 9.84 Å². The van der Waals surface area contributed by atoms with Crippen molar-refractivity contribution in [3.05, 3.63) is 28.8 Å². The Kier molecular flexibility index (Phi) is 3.84. The summed E-state index contributed by atoms with van der Waals surface area (Å²) in [5.74, 6) is 0.372. The number of hydrogen-bond acceptors (Lipinski definition) is 4. The summed E-state index contributed by atoms with van der Waals surface area (Å²) in [5.41, 5.74) is 7.56. The highest BCUT2D eigenvalue weighted by Crippen LogP contribution is 2.30. The molecule has 4 nitrogen and oxygen atoms in total. The fourth-order valence-electron chi connectivity index (χ4n) is 2.37. The van der Waals surface area contributed by atoms with Crippen molar-refractivity contribution in [3.63, 3.8) is 0 Å². The van der Waals surface area contributed by atoms with Gasteiger partial charge in [-0.3, -0.25) is 0 Å². The predicted molar refractivity (Wildman–Crippen MR) is 74.8 cm³/mol. The molecule has 0 saturated carbocycles. The lowest BCUT2D eigenvalue weighted by atomic mass is 10.1. The smallest absolute Gasteiger partial charge is 0.154 e. The molecule has 1 aromatic rings. The van der Waals surface area contributed by atoms with Crippen LogP contribution in [0, 0.1) is 0 Å². The molecule has 1 heterocycles. The van der Waals surface area contributed by atoms with Gasteiger partial charge in [0, 0.05) is 35.4 Å². The van der Waals surface area contributed by atoms with Crippen LogP contribution in [0.5, 0.6) is 0 Å². The molecule has 2 rings (SSSR count). The zero-order valence-corrected chi connectivity index (χ0v) is 11.8. The lowest BCUT2D eigenvalue weighted by Crippen LogP contribution is -2.47. The second kappa shape index (κ2) is 5.07. The minimum atomic E-state index is -2.91. The molecule has 0 spiro atoms. The van der Waals surface area contributed by atoms with Crippen LogP contribution in [0.4, 0.5) is 5.69 Å². The van der Waals surface area contributed by atoms with Crippen molar-refractivity contribution < 1.29 is 8.42 Å². The maximum absolute atomic E-state index is 11.6. The van der Waals surface area contributed by atoms with E-state index in [1.807, 2.05) is 19.1 Å². The third kappa shape index (κ3) is 2.63. The number of hydrogen-bond donors (Lipinski definition) is 1. The number of halogens is 1. The number of sulfone groups is 1. The Morgan fingerprint density at radius 2 is 2.22 bits per heavy atom. The molecule has 1 atom stereocenters. The highest BCUT2D eigenvalue weighted by atomic mass is 35.5. The SMILES string of the molecule is CC1CS(=O)(=O)CCN1c1cccc(Cl)c1CN. The molecular formula is C12H17ClN2O2S. The Morgan fingerprint density at radius 1 is 1.50 bits per heavy atom. The maximum Gasteiger partial charge on any atom is 0.154 e. The molecule has 2 N–H and O–H groups in total. The normalized spacial score (nSPS) is 23.1. The van der Waals surface area contributed by atoms with Crippen LogP contribution in [-0.4, -0.2) is 32.5 Å². The van der Waals surface area contributed by atoms with Crippen molar-refractivity contribution in [1.82, 2.24) is 0 Å². The van der Waals surface area contributed by atoms with Gasteiger partial charge in [-0.1, -0.05) is 17.7 Å². The summed E-state index contributed by atoms with van der Waals surface area (Å²) in [4.78, 5) is 2.08. The van der Waals surface area contributed by atoms with E-state index >= 15 is 0 Å². The molecule has 0 aliphatic carbocycles. The highest BCUT2D eigenvalue weighted by molar-refractivity contribution is 7.91. The molecular weight excluding hydrogens is 272 g/mol. The van der Waals surface area contributed by atoms with Gasteiger partial charge in [0.05, 0.1) is 11.5 Å². The molecule has 1 unspecified atom stereocenters. The molecule has 1 aliphatic rings. The third-order valence-corrected chi connectivity index (χ3v) is 5.43. The zero-order valence-electron chi connectivity index (χ0n) is 10.3. The molecule has 0 radical (unpaired) electrons. The minimum Gasteiger partial charge on any atom is -0.366 e. The van der Waals surface area contributed by atoms with Gasteiger partial charge in [0.2, 0.25) is 0 Å². The van der Waals surface area contributed by atoms with E-state index in [2.05, 4.69) is 4.90 Å². The Morgan fingerprint density at radius 3 is 2.83 bits per heavy atom. The van der Waals surface area contributed by atoms with Crippen molar-refractivity contribution in [1.29, 1.82) is 0 Å². The molecule has 18 heavy (non-hydrogen) atoms. The van der Waals surface area contributed by atoms with Crippen molar-refractivity contribution >= 4 is 27.1 Å². The average molecular weight is 289 g/mol. The van der Waals surface area contributed by atoms with Crippen LogP contribution in [-0.2, 0) is 16.4 Å². The molecule has 0 bridgehead atoms. The number of anilines is 1. The van der Waals surface area contributed by atoms with Crippen molar-refractivity contribution in [3.8, 4) is 0 Å². The minimum absolute atomic E-state index is 0.0486. The van der Waals surface area contributed by atoms with Crippen LogP contribution in [0.15, 0.2) is 18.2 Å². The van der Waals surface area contributed by atoms with E-state index in [4.69, 9.17) is 17.3 Å². The van der Waals surface area contributed by atoms with Crippen LogP contribution in [0.3, 0.4) is 0 Å². The summed E-state index contributed by atoms with van der Waals surface area (Å²) in [6, 6.07) is 5.57. The number of nitrogens with zero attached hydrogens (tertiary/aromatic N) is 1. The fourth-order valence-corrected chi connectivity index (χ4v) is 4.18. The van der Waals surface area contributed by atoms with Crippen molar-refractivity contribution in [2.45, 2.75) is 19.5 Å². The topological polar surface area (TPSA) is 63.4 Å². The number of benzene rings is 1. The van der Waals surface area contributed by atoms with Crippen LogP contribution in [0.1, 0.15) is 12.5 Å². The first-order valence-electron chi connectivity index (χ1n) is 5.89. The summed E-state index contributed by atoms with van der Waals surface area (Å²) in [6.07, 6.45) is 0. The van der Waals surface area contributed by atoms with Gasteiger partial charge >= 0.3 is 0 Å². The Hall–Kier alpha value is -0.780. The van der Waals surface area contributed by atoms with Gasteiger partial charge in [-0.25, -0.2) is 8.42 Å². The van der Waals surface area contributed by atoms with Crippen LogP contribution < -0.4 is 10.6 Å². The van der Waals surface area contributed by atoms with E-state index in [-0.39, 0.29) is 17.5 Å². The summed E-state index contributed by atoms with van der Waals surface area (Å²) >= 11 is 6.13. The van der Waals surface area contributed by atoms with Gasteiger partial charge in [0.25, 0.3) is 0 Å².